The highest BCUT2D eigenvalue weighted by atomic mass is 16.5. The fourth-order valence-electron chi connectivity index (χ4n) is 1.18. The van der Waals surface area contributed by atoms with Crippen molar-refractivity contribution in [2.24, 2.45) is 0 Å². The second-order valence-electron chi connectivity index (χ2n) is 3.52. The Morgan fingerprint density at radius 2 is 2.29 bits per heavy atom. The van der Waals surface area contributed by atoms with Gasteiger partial charge < -0.3 is 15.2 Å². The number of carbonyl (C=O) groups is 2. The van der Waals surface area contributed by atoms with Crippen molar-refractivity contribution in [1.82, 2.24) is 15.1 Å². The predicted molar refractivity (Wildman–Crippen MR) is 58.4 cm³/mol. The maximum atomic E-state index is 11.2. The zero-order valence-electron chi connectivity index (χ0n) is 9.55. The smallest absolute Gasteiger partial charge is 0.329 e. The molecular weight excluding hydrogens is 226 g/mol. The Morgan fingerprint density at radius 3 is 2.88 bits per heavy atom. The molecule has 0 spiro atoms. The fourth-order valence-corrected chi connectivity index (χ4v) is 1.18. The lowest BCUT2D eigenvalue weighted by Crippen LogP contribution is -2.31. The number of hydrogen-bond donors (Lipinski definition) is 2. The number of nitrogens with one attached hydrogen (secondary N) is 1. The highest BCUT2D eigenvalue weighted by Gasteiger charge is 2.03. The number of carboxylic acids is 1. The molecule has 0 aliphatic heterocycles. The normalized spacial score (nSPS) is 10.2. The van der Waals surface area contributed by atoms with Crippen LogP contribution in [0.4, 0.5) is 0 Å². The van der Waals surface area contributed by atoms with Crippen molar-refractivity contribution in [1.29, 1.82) is 0 Å². The Hall–Kier alpha value is -1.89. The number of ether oxygens (including phenoxy) is 1. The topological polar surface area (TPSA) is 93.5 Å². The molecule has 0 bridgehead atoms. The number of carbonyl (C=O) groups excluding carboxylic acids is 1. The van der Waals surface area contributed by atoms with Gasteiger partial charge in [-0.25, -0.2) is 4.79 Å². The molecule has 0 fully saturated rings. The first-order valence-corrected chi connectivity index (χ1v) is 5.13. The van der Waals surface area contributed by atoms with Crippen LogP contribution in [0.3, 0.4) is 0 Å². The molecular formula is C10H15N3O4. The zero-order valence-corrected chi connectivity index (χ0v) is 9.55. The number of amides is 1. The fraction of sp³-hybridized carbons (Fsp3) is 0.500. The van der Waals surface area contributed by atoms with Crippen LogP contribution in [0.25, 0.3) is 0 Å². The van der Waals surface area contributed by atoms with E-state index < -0.39 is 12.6 Å². The number of aryl methyl sites for hydroxylation is 1. The molecule has 1 aromatic heterocycles. The van der Waals surface area contributed by atoms with Gasteiger partial charge in [-0.05, 0) is 12.5 Å². The minimum absolute atomic E-state index is 0.246. The molecule has 0 atom stereocenters. The number of carboxylic acid groups (broad SMARTS) is 1. The largest absolute Gasteiger partial charge is 0.480 e. The molecule has 0 aliphatic rings. The molecule has 0 radical (unpaired) electrons. The molecule has 0 aliphatic carbocycles. The summed E-state index contributed by atoms with van der Waals surface area (Å²) in [6.07, 6.45) is 3.60. The van der Waals surface area contributed by atoms with E-state index in [2.05, 4.69) is 15.2 Å². The minimum atomic E-state index is -1.09. The molecule has 0 unspecified atom stereocenters. The summed E-state index contributed by atoms with van der Waals surface area (Å²) < 4.78 is 6.35. The predicted octanol–water partition coefficient (Wildman–Crippen LogP) is -0.591. The minimum Gasteiger partial charge on any atom is -0.480 e. The second kappa shape index (κ2) is 6.64. The molecule has 94 valence electrons. The quantitative estimate of drug-likeness (QED) is 0.665. The number of hydrogen-bond acceptors (Lipinski definition) is 4. The highest BCUT2D eigenvalue weighted by molar-refractivity contribution is 5.77. The molecule has 0 aromatic carbocycles. The van der Waals surface area contributed by atoms with Crippen molar-refractivity contribution < 1.29 is 19.4 Å². The first-order chi connectivity index (χ1) is 8.08. The van der Waals surface area contributed by atoms with Gasteiger partial charge in [-0.3, -0.25) is 9.48 Å². The van der Waals surface area contributed by atoms with E-state index in [0.29, 0.717) is 13.1 Å². The lowest BCUT2D eigenvalue weighted by Gasteiger charge is -2.05. The summed E-state index contributed by atoms with van der Waals surface area (Å²) in [5.41, 5.74) is 1.06. The summed E-state index contributed by atoms with van der Waals surface area (Å²) in [6, 6.07) is 0. The standard InChI is InChI=1S/C10H15N3O4/c1-8-4-12-13(5-8)3-2-11-9(14)6-17-7-10(15)16/h4-5H,2-3,6-7H2,1H3,(H,11,14)(H,15,16). The third-order valence-corrected chi connectivity index (χ3v) is 1.88. The maximum Gasteiger partial charge on any atom is 0.329 e. The molecule has 0 saturated carbocycles. The Bertz CT molecular complexity index is 389. The van der Waals surface area contributed by atoms with Crippen LogP contribution >= 0.6 is 0 Å². The average Bonchev–Trinajstić information content (AvgIpc) is 2.63. The first-order valence-electron chi connectivity index (χ1n) is 5.13. The second-order valence-corrected chi connectivity index (χ2v) is 3.52. The Morgan fingerprint density at radius 1 is 1.53 bits per heavy atom. The SMILES string of the molecule is Cc1cnn(CCNC(=O)COCC(=O)O)c1. The van der Waals surface area contributed by atoms with E-state index in [4.69, 9.17) is 5.11 Å². The van der Waals surface area contributed by atoms with Crippen molar-refractivity contribution >= 4 is 11.9 Å². The summed E-state index contributed by atoms with van der Waals surface area (Å²) in [5.74, 6) is -1.43. The van der Waals surface area contributed by atoms with Crippen LogP contribution in [0.15, 0.2) is 12.4 Å². The summed E-state index contributed by atoms with van der Waals surface area (Å²) in [5, 5.41) is 14.9. The lowest BCUT2D eigenvalue weighted by atomic mass is 10.4. The van der Waals surface area contributed by atoms with Crippen molar-refractivity contribution in [3.05, 3.63) is 18.0 Å². The summed E-state index contributed by atoms with van der Waals surface area (Å²) in [7, 11) is 0. The first kappa shape index (κ1) is 13.2. The Kier molecular flexibility index (Phi) is 5.15. The van der Waals surface area contributed by atoms with E-state index >= 15 is 0 Å². The van der Waals surface area contributed by atoms with Gasteiger partial charge in [0.05, 0.1) is 12.7 Å². The van der Waals surface area contributed by atoms with E-state index in [1.54, 1.807) is 10.9 Å². The van der Waals surface area contributed by atoms with Gasteiger partial charge in [0, 0.05) is 12.7 Å². The molecule has 1 heterocycles. The molecule has 1 rings (SSSR count). The molecule has 0 saturated heterocycles. The van der Waals surface area contributed by atoms with Crippen LogP contribution < -0.4 is 5.32 Å². The van der Waals surface area contributed by atoms with Crippen molar-refractivity contribution in [3.63, 3.8) is 0 Å². The van der Waals surface area contributed by atoms with Crippen LogP contribution in [0.2, 0.25) is 0 Å². The van der Waals surface area contributed by atoms with Gasteiger partial charge in [0.2, 0.25) is 5.91 Å². The molecule has 1 amide bonds. The molecule has 7 heteroatoms. The van der Waals surface area contributed by atoms with Gasteiger partial charge >= 0.3 is 5.97 Å². The Labute approximate surface area is 98.4 Å². The van der Waals surface area contributed by atoms with Gasteiger partial charge in [-0.15, -0.1) is 0 Å². The number of aliphatic carboxylic acids is 1. The molecule has 1 aromatic rings. The van der Waals surface area contributed by atoms with E-state index in [1.165, 1.54) is 0 Å². The third kappa shape index (κ3) is 5.67. The molecule has 17 heavy (non-hydrogen) atoms. The summed E-state index contributed by atoms with van der Waals surface area (Å²) in [4.78, 5) is 21.3. The zero-order chi connectivity index (χ0) is 12.7. The van der Waals surface area contributed by atoms with Crippen molar-refractivity contribution in [2.45, 2.75) is 13.5 Å². The number of aromatic nitrogens is 2. The molecule has 2 N–H and O–H groups in total. The van der Waals surface area contributed by atoms with Gasteiger partial charge in [0.1, 0.15) is 13.2 Å². The third-order valence-electron chi connectivity index (χ3n) is 1.88. The van der Waals surface area contributed by atoms with Crippen LogP contribution in [-0.4, -0.2) is 46.5 Å². The van der Waals surface area contributed by atoms with Crippen LogP contribution in [0.1, 0.15) is 5.56 Å². The van der Waals surface area contributed by atoms with Crippen molar-refractivity contribution in [3.8, 4) is 0 Å². The van der Waals surface area contributed by atoms with E-state index in [-0.39, 0.29) is 12.5 Å². The van der Waals surface area contributed by atoms with Crippen LogP contribution in [0.5, 0.6) is 0 Å². The number of nitrogens with zero attached hydrogens (tertiary/aromatic N) is 2. The molecule has 7 nitrogen and oxygen atoms in total. The van der Waals surface area contributed by atoms with Crippen molar-refractivity contribution in [2.75, 3.05) is 19.8 Å². The van der Waals surface area contributed by atoms with Crippen LogP contribution in [0, 0.1) is 6.92 Å². The summed E-state index contributed by atoms with van der Waals surface area (Å²) >= 11 is 0. The lowest BCUT2D eigenvalue weighted by molar-refractivity contribution is -0.143. The Balaban J connectivity index is 2.10. The number of rotatable bonds is 7. The van der Waals surface area contributed by atoms with Gasteiger partial charge in [0.15, 0.2) is 0 Å². The summed E-state index contributed by atoms with van der Waals surface area (Å²) in [6.45, 7) is 2.22. The van der Waals surface area contributed by atoms with E-state index in [1.807, 2.05) is 13.1 Å². The highest BCUT2D eigenvalue weighted by Crippen LogP contribution is 1.92. The van der Waals surface area contributed by atoms with E-state index in [9.17, 15) is 9.59 Å². The van der Waals surface area contributed by atoms with E-state index in [0.717, 1.165) is 5.56 Å². The van der Waals surface area contributed by atoms with Gasteiger partial charge in [-0.1, -0.05) is 0 Å². The maximum absolute atomic E-state index is 11.2. The monoisotopic (exact) mass is 241 g/mol. The van der Waals surface area contributed by atoms with Gasteiger partial charge in [0.25, 0.3) is 0 Å². The average molecular weight is 241 g/mol. The van der Waals surface area contributed by atoms with Crippen LogP contribution in [-0.2, 0) is 20.9 Å². The van der Waals surface area contributed by atoms with Gasteiger partial charge in [-0.2, -0.15) is 5.10 Å².